The molecule has 1 fully saturated rings. The second kappa shape index (κ2) is 6.61. The van der Waals surface area contributed by atoms with E-state index in [9.17, 15) is 0 Å². The van der Waals surface area contributed by atoms with Crippen LogP contribution in [0.5, 0.6) is 0 Å². The summed E-state index contributed by atoms with van der Waals surface area (Å²) in [6.45, 7) is 13.4. The van der Waals surface area contributed by atoms with Gasteiger partial charge in [0.2, 0.25) is 0 Å². The Bertz CT molecular complexity index is 435. The highest BCUT2D eigenvalue weighted by molar-refractivity contribution is 6.74. The lowest BCUT2D eigenvalue weighted by Crippen LogP contribution is -2.43. The average molecular weight is 308 g/mol. The fourth-order valence-electron chi connectivity index (χ4n) is 1.82. The molecule has 0 spiro atoms. The van der Waals surface area contributed by atoms with Gasteiger partial charge in [0.15, 0.2) is 8.32 Å². The Morgan fingerprint density at radius 1 is 1.24 bits per heavy atom. The molecule has 118 valence electrons. The van der Waals surface area contributed by atoms with Crippen LogP contribution in [0, 0.1) is 0 Å². The van der Waals surface area contributed by atoms with Crippen LogP contribution in [0.1, 0.15) is 26.3 Å². The van der Waals surface area contributed by atoms with Gasteiger partial charge < -0.3 is 13.9 Å². The zero-order valence-corrected chi connectivity index (χ0v) is 14.9. The molecule has 1 aromatic carbocycles. The second-order valence-corrected chi connectivity index (χ2v) is 12.1. The number of benzene rings is 1. The van der Waals surface area contributed by atoms with E-state index in [0.717, 1.165) is 6.61 Å². The van der Waals surface area contributed by atoms with Crippen molar-refractivity contribution >= 4 is 8.32 Å². The standard InChI is InChI=1S/C17H28O3Si/c1-17(2,3)21(4,5)20-13-16(15-12-19-15)18-11-14-9-7-6-8-10-14/h6-10,15-16H,11-13H2,1-5H3. The topological polar surface area (TPSA) is 31.0 Å². The zero-order valence-electron chi connectivity index (χ0n) is 13.9. The molecule has 0 aliphatic carbocycles. The Hall–Kier alpha value is -0.683. The Morgan fingerprint density at radius 2 is 1.86 bits per heavy atom. The maximum absolute atomic E-state index is 6.28. The summed E-state index contributed by atoms with van der Waals surface area (Å²) in [7, 11) is -1.73. The van der Waals surface area contributed by atoms with Gasteiger partial charge in [0.1, 0.15) is 12.2 Å². The normalized spacial score (nSPS) is 20.3. The SMILES string of the molecule is CC(C)(C)[Si](C)(C)OCC(OCc1ccccc1)C1CO1. The summed E-state index contributed by atoms with van der Waals surface area (Å²) < 4.78 is 17.7. The minimum Gasteiger partial charge on any atom is -0.414 e. The number of epoxide rings is 1. The minimum absolute atomic E-state index is 0.0410. The minimum atomic E-state index is -1.73. The third-order valence-electron chi connectivity index (χ3n) is 4.50. The van der Waals surface area contributed by atoms with Crippen LogP contribution < -0.4 is 0 Å². The zero-order chi connectivity index (χ0) is 15.5. The van der Waals surface area contributed by atoms with Gasteiger partial charge in [-0.3, -0.25) is 0 Å². The van der Waals surface area contributed by atoms with Gasteiger partial charge in [-0.25, -0.2) is 0 Å². The largest absolute Gasteiger partial charge is 0.414 e. The van der Waals surface area contributed by atoms with Crippen molar-refractivity contribution in [2.24, 2.45) is 0 Å². The van der Waals surface area contributed by atoms with Crippen LogP contribution in [0.3, 0.4) is 0 Å². The van der Waals surface area contributed by atoms with Crippen LogP contribution in [0.2, 0.25) is 18.1 Å². The van der Waals surface area contributed by atoms with Crippen molar-refractivity contribution in [1.29, 1.82) is 0 Å². The molecule has 1 heterocycles. The summed E-state index contributed by atoms with van der Waals surface area (Å²) in [5.41, 5.74) is 1.19. The van der Waals surface area contributed by atoms with Crippen molar-refractivity contribution in [2.75, 3.05) is 13.2 Å². The highest BCUT2D eigenvalue weighted by atomic mass is 28.4. The quantitative estimate of drug-likeness (QED) is 0.563. The molecular weight excluding hydrogens is 280 g/mol. The summed E-state index contributed by atoms with van der Waals surface area (Å²) in [6, 6.07) is 10.3. The van der Waals surface area contributed by atoms with Crippen LogP contribution in [-0.2, 0) is 20.5 Å². The van der Waals surface area contributed by atoms with Crippen molar-refractivity contribution in [2.45, 2.75) is 57.7 Å². The molecule has 0 N–H and O–H groups in total. The van der Waals surface area contributed by atoms with Gasteiger partial charge in [-0.2, -0.15) is 0 Å². The first kappa shape index (κ1) is 16.7. The van der Waals surface area contributed by atoms with Crippen LogP contribution in [0.15, 0.2) is 30.3 Å². The van der Waals surface area contributed by atoms with Crippen LogP contribution in [0.25, 0.3) is 0 Å². The lowest BCUT2D eigenvalue weighted by Gasteiger charge is -2.37. The molecular formula is C17H28O3Si. The number of hydrogen-bond donors (Lipinski definition) is 0. The summed E-state index contributed by atoms with van der Waals surface area (Å²) >= 11 is 0. The summed E-state index contributed by atoms with van der Waals surface area (Å²) in [6.07, 6.45) is 0.248. The van der Waals surface area contributed by atoms with Gasteiger partial charge in [-0.05, 0) is 23.7 Å². The van der Waals surface area contributed by atoms with E-state index in [-0.39, 0.29) is 17.2 Å². The summed E-state index contributed by atoms with van der Waals surface area (Å²) in [4.78, 5) is 0. The molecule has 1 aliphatic heterocycles. The lowest BCUT2D eigenvalue weighted by atomic mass is 10.2. The predicted octanol–water partition coefficient (Wildman–Crippen LogP) is 3.99. The fraction of sp³-hybridized carbons (Fsp3) is 0.647. The second-order valence-electron chi connectivity index (χ2n) is 7.28. The lowest BCUT2D eigenvalue weighted by molar-refractivity contribution is -0.00986. The molecule has 1 aromatic rings. The Labute approximate surface area is 129 Å². The Kier molecular flexibility index (Phi) is 5.25. The molecule has 0 radical (unpaired) electrons. The molecule has 0 saturated carbocycles. The van der Waals surface area contributed by atoms with E-state index >= 15 is 0 Å². The molecule has 2 atom stereocenters. The average Bonchev–Trinajstić information content (AvgIpc) is 3.23. The van der Waals surface area contributed by atoms with E-state index < -0.39 is 8.32 Å². The monoisotopic (exact) mass is 308 g/mol. The molecule has 2 unspecified atom stereocenters. The van der Waals surface area contributed by atoms with E-state index in [0.29, 0.717) is 13.2 Å². The molecule has 1 saturated heterocycles. The number of hydrogen-bond acceptors (Lipinski definition) is 3. The van der Waals surface area contributed by atoms with Gasteiger partial charge in [0.05, 0.1) is 19.8 Å². The van der Waals surface area contributed by atoms with Gasteiger partial charge in [0.25, 0.3) is 0 Å². The maximum Gasteiger partial charge on any atom is 0.192 e. The molecule has 0 bridgehead atoms. The van der Waals surface area contributed by atoms with Crippen molar-refractivity contribution in [1.82, 2.24) is 0 Å². The van der Waals surface area contributed by atoms with Crippen molar-refractivity contribution in [3.8, 4) is 0 Å². The van der Waals surface area contributed by atoms with Gasteiger partial charge >= 0.3 is 0 Å². The van der Waals surface area contributed by atoms with E-state index in [2.05, 4.69) is 46.0 Å². The van der Waals surface area contributed by atoms with E-state index in [1.165, 1.54) is 5.56 Å². The van der Waals surface area contributed by atoms with E-state index in [1.54, 1.807) is 0 Å². The fourth-order valence-corrected chi connectivity index (χ4v) is 2.83. The van der Waals surface area contributed by atoms with Crippen LogP contribution in [0.4, 0.5) is 0 Å². The first-order valence-corrected chi connectivity index (χ1v) is 10.6. The summed E-state index contributed by atoms with van der Waals surface area (Å²) in [5, 5.41) is 0.224. The van der Waals surface area contributed by atoms with Gasteiger partial charge in [-0.15, -0.1) is 0 Å². The summed E-state index contributed by atoms with van der Waals surface area (Å²) in [5.74, 6) is 0. The molecule has 1 aliphatic rings. The predicted molar refractivity (Wildman–Crippen MR) is 87.9 cm³/mol. The number of ether oxygens (including phenoxy) is 2. The van der Waals surface area contributed by atoms with Crippen molar-refractivity contribution < 1.29 is 13.9 Å². The molecule has 2 rings (SSSR count). The highest BCUT2D eigenvalue weighted by Gasteiger charge is 2.40. The maximum atomic E-state index is 6.28. The van der Waals surface area contributed by atoms with Gasteiger partial charge in [0, 0.05) is 0 Å². The first-order chi connectivity index (χ1) is 9.79. The molecule has 4 heteroatoms. The van der Waals surface area contributed by atoms with E-state index in [1.807, 2.05) is 18.2 Å². The van der Waals surface area contributed by atoms with Gasteiger partial charge in [-0.1, -0.05) is 51.1 Å². The third-order valence-corrected chi connectivity index (χ3v) is 9.00. The molecule has 0 aromatic heterocycles. The van der Waals surface area contributed by atoms with Crippen LogP contribution >= 0.6 is 0 Å². The molecule has 3 nitrogen and oxygen atoms in total. The molecule has 21 heavy (non-hydrogen) atoms. The van der Waals surface area contributed by atoms with Crippen LogP contribution in [-0.4, -0.2) is 33.7 Å². The Morgan fingerprint density at radius 3 is 2.38 bits per heavy atom. The Balaban J connectivity index is 1.86. The smallest absolute Gasteiger partial charge is 0.192 e. The molecule has 0 amide bonds. The van der Waals surface area contributed by atoms with Crippen molar-refractivity contribution in [3.05, 3.63) is 35.9 Å². The van der Waals surface area contributed by atoms with E-state index in [4.69, 9.17) is 13.9 Å². The van der Waals surface area contributed by atoms with Crippen molar-refractivity contribution in [3.63, 3.8) is 0 Å². The number of rotatable bonds is 7. The third kappa shape index (κ3) is 4.92. The highest BCUT2D eigenvalue weighted by Crippen LogP contribution is 2.37. The first-order valence-electron chi connectivity index (χ1n) is 7.71.